The van der Waals surface area contributed by atoms with E-state index in [1.165, 1.54) is 5.56 Å². The van der Waals surface area contributed by atoms with E-state index in [9.17, 15) is 4.79 Å². The summed E-state index contributed by atoms with van der Waals surface area (Å²) in [4.78, 5) is 19.7. The standard InChI is InChI=1S/C23H25N3O2S/c1-3-16-6-4-7-17(14-16)24-19-15-20(23(27)26-10-12-29-13-11-26)25-22-18(19)8-5-9-21(22)28-2/h4-9,14-15H,3,10-13H2,1-2H3,(H,24,25). The van der Waals surface area contributed by atoms with Crippen LogP contribution in [0.1, 0.15) is 23.0 Å². The number of ether oxygens (including phenoxy) is 1. The number of amides is 1. The molecule has 150 valence electrons. The molecule has 1 aliphatic heterocycles. The summed E-state index contributed by atoms with van der Waals surface area (Å²) in [6.45, 7) is 3.66. The van der Waals surface area contributed by atoms with Crippen molar-refractivity contribution in [3.05, 3.63) is 59.8 Å². The molecule has 0 radical (unpaired) electrons. The molecule has 29 heavy (non-hydrogen) atoms. The number of hydrogen-bond acceptors (Lipinski definition) is 5. The zero-order valence-electron chi connectivity index (χ0n) is 16.8. The molecule has 2 aromatic carbocycles. The van der Waals surface area contributed by atoms with Crippen LogP contribution in [0.2, 0.25) is 0 Å². The van der Waals surface area contributed by atoms with Crippen LogP contribution in [0.5, 0.6) is 5.75 Å². The number of aromatic nitrogens is 1. The lowest BCUT2D eigenvalue weighted by Gasteiger charge is -2.26. The number of fused-ring (bicyclic) bond motifs is 1. The minimum atomic E-state index is -0.0246. The van der Waals surface area contributed by atoms with Gasteiger partial charge in [0.2, 0.25) is 0 Å². The van der Waals surface area contributed by atoms with E-state index < -0.39 is 0 Å². The molecular formula is C23H25N3O2S. The monoisotopic (exact) mass is 407 g/mol. The van der Waals surface area contributed by atoms with Crippen molar-refractivity contribution in [1.29, 1.82) is 0 Å². The number of nitrogens with zero attached hydrogens (tertiary/aromatic N) is 2. The highest BCUT2D eigenvalue weighted by atomic mass is 32.2. The van der Waals surface area contributed by atoms with Gasteiger partial charge in [-0.3, -0.25) is 4.79 Å². The summed E-state index contributed by atoms with van der Waals surface area (Å²) in [6.07, 6.45) is 0.969. The summed E-state index contributed by atoms with van der Waals surface area (Å²) in [7, 11) is 1.63. The highest BCUT2D eigenvalue weighted by Crippen LogP contribution is 2.32. The van der Waals surface area contributed by atoms with Gasteiger partial charge in [0, 0.05) is 35.7 Å². The Balaban J connectivity index is 1.79. The van der Waals surface area contributed by atoms with Gasteiger partial charge in [0.1, 0.15) is 17.0 Å². The van der Waals surface area contributed by atoms with Crippen molar-refractivity contribution >= 4 is 39.9 Å². The largest absolute Gasteiger partial charge is 0.494 e. The van der Waals surface area contributed by atoms with Gasteiger partial charge < -0.3 is 15.0 Å². The maximum Gasteiger partial charge on any atom is 0.272 e. The molecule has 1 fully saturated rings. The summed E-state index contributed by atoms with van der Waals surface area (Å²) in [5, 5.41) is 4.43. The van der Waals surface area contributed by atoms with Crippen LogP contribution in [0.3, 0.4) is 0 Å². The van der Waals surface area contributed by atoms with E-state index in [0.717, 1.165) is 47.8 Å². The first-order chi connectivity index (χ1) is 14.2. The number of nitrogens with one attached hydrogen (secondary N) is 1. The number of thioether (sulfide) groups is 1. The van der Waals surface area contributed by atoms with Crippen LogP contribution in [0.4, 0.5) is 11.4 Å². The van der Waals surface area contributed by atoms with E-state index in [1.807, 2.05) is 53.1 Å². The molecule has 1 aliphatic rings. The molecule has 5 nitrogen and oxygen atoms in total. The maximum atomic E-state index is 13.1. The number of methoxy groups -OCH3 is 1. The van der Waals surface area contributed by atoms with Gasteiger partial charge in [0.05, 0.1) is 12.8 Å². The Hall–Kier alpha value is -2.73. The lowest BCUT2D eigenvalue weighted by Crippen LogP contribution is -2.38. The van der Waals surface area contributed by atoms with Crippen molar-refractivity contribution in [2.24, 2.45) is 0 Å². The number of aryl methyl sites for hydroxylation is 1. The summed E-state index contributed by atoms with van der Waals surface area (Å²) in [5.41, 5.74) is 4.25. The van der Waals surface area contributed by atoms with Crippen LogP contribution in [0.15, 0.2) is 48.5 Å². The van der Waals surface area contributed by atoms with Crippen LogP contribution in [-0.4, -0.2) is 47.5 Å². The van der Waals surface area contributed by atoms with E-state index in [0.29, 0.717) is 17.0 Å². The molecule has 3 aromatic rings. The van der Waals surface area contributed by atoms with Crippen LogP contribution in [-0.2, 0) is 6.42 Å². The van der Waals surface area contributed by atoms with Crippen LogP contribution >= 0.6 is 11.8 Å². The minimum absolute atomic E-state index is 0.0246. The fraction of sp³-hybridized carbons (Fsp3) is 0.304. The Morgan fingerprint density at radius 1 is 1.17 bits per heavy atom. The molecule has 0 atom stereocenters. The number of hydrogen-bond donors (Lipinski definition) is 1. The second-order valence-electron chi connectivity index (χ2n) is 7.00. The third kappa shape index (κ3) is 4.17. The van der Waals surface area contributed by atoms with Crippen LogP contribution in [0.25, 0.3) is 10.9 Å². The Bertz CT molecular complexity index is 1030. The number of carbonyl (C=O) groups excluding carboxylic acids is 1. The van der Waals surface area contributed by atoms with Crippen molar-refractivity contribution in [3.8, 4) is 5.75 Å². The molecule has 4 rings (SSSR count). The Kier molecular flexibility index (Phi) is 5.90. The van der Waals surface area contributed by atoms with Gasteiger partial charge in [-0.05, 0) is 36.2 Å². The molecule has 0 spiro atoms. The van der Waals surface area contributed by atoms with Gasteiger partial charge in [0.15, 0.2) is 0 Å². The van der Waals surface area contributed by atoms with E-state index >= 15 is 0 Å². The first-order valence-corrected chi connectivity index (χ1v) is 11.1. The predicted octanol–water partition coefficient (Wildman–Crippen LogP) is 4.74. The van der Waals surface area contributed by atoms with Gasteiger partial charge in [-0.2, -0.15) is 11.8 Å². The average molecular weight is 408 g/mol. The van der Waals surface area contributed by atoms with Gasteiger partial charge in [-0.15, -0.1) is 0 Å². The minimum Gasteiger partial charge on any atom is -0.494 e. The van der Waals surface area contributed by atoms with E-state index in [1.54, 1.807) is 7.11 Å². The van der Waals surface area contributed by atoms with Gasteiger partial charge >= 0.3 is 0 Å². The molecule has 1 aromatic heterocycles. The topological polar surface area (TPSA) is 54.5 Å². The molecular weight excluding hydrogens is 382 g/mol. The third-order valence-electron chi connectivity index (χ3n) is 5.15. The number of anilines is 2. The molecule has 1 N–H and O–H groups in total. The van der Waals surface area contributed by atoms with Gasteiger partial charge in [0.25, 0.3) is 5.91 Å². The summed E-state index contributed by atoms with van der Waals surface area (Å²) in [5.74, 6) is 2.58. The quantitative estimate of drug-likeness (QED) is 0.662. The number of rotatable bonds is 5. The summed E-state index contributed by atoms with van der Waals surface area (Å²) in [6, 6.07) is 16.0. The van der Waals surface area contributed by atoms with Crippen molar-refractivity contribution < 1.29 is 9.53 Å². The van der Waals surface area contributed by atoms with Crippen molar-refractivity contribution in [1.82, 2.24) is 9.88 Å². The maximum absolute atomic E-state index is 13.1. The molecule has 6 heteroatoms. The first-order valence-electron chi connectivity index (χ1n) is 9.90. The lowest BCUT2D eigenvalue weighted by atomic mass is 10.1. The van der Waals surface area contributed by atoms with E-state index in [-0.39, 0.29) is 5.91 Å². The second-order valence-corrected chi connectivity index (χ2v) is 8.22. The average Bonchev–Trinajstić information content (AvgIpc) is 2.78. The summed E-state index contributed by atoms with van der Waals surface area (Å²) < 4.78 is 5.53. The first kappa shape index (κ1) is 19.6. The van der Waals surface area contributed by atoms with Gasteiger partial charge in [-0.1, -0.05) is 31.2 Å². The Labute approximate surface area is 175 Å². The molecule has 2 heterocycles. The van der Waals surface area contributed by atoms with Crippen LogP contribution < -0.4 is 10.1 Å². The number of pyridine rings is 1. The number of benzene rings is 2. The SMILES string of the molecule is CCc1cccc(Nc2cc(C(=O)N3CCSCC3)nc3c(OC)cccc23)c1. The predicted molar refractivity (Wildman–Crippen MR) is 121 cm³/mol. The fourth-order valence-electron chi connectivity index (χ4n) is 3.55. The molecule has 0 bridgehead atoms. The Morgan fingerprint density at radius 3 is 2.72 bits per heavy atom. The Morgan fingerprint density at radius 2 is 1.97 bits per heavy atom. The van der Waals surface area contributed by atoms with Crippen molar-refractivity contribution in [2.45, 2.75) is 13.3 Å². The number of carbonyl (C=O) groups is 1. The highest BCUT2D eigenvalue weighted by molar-refractivity contribution is 7.99. The second kappa shape index (κ2) is 8.74. The zero-order chi connectivity index (χ0) is 20.2. The van der Waals surface area contributed by atoms with Crippen molar-refractivity contribution in [3.63, 3.8) is 0 Å². The normalized spacial score (nSPS) is 14.1. The fourth-order valence-corrected chi connectivity index (χ4v) is 4.46. The molecule has 1 saturated heterocycles. The molecule has 0 saturated carbocycles. The third-order valence-corrected chi connectivity index (χ3v) is 6.10. The molecule has 1 amide bonds. The van der Waals surface area contributed by atoms with Gasteiger partial charge in [-0.25, -0.2) is 4.98 Å². The van der Waals surface area contributed by atoms with E-state index in [4.69, 9.17) is 9.72 Å². The highest BCUT2D eigenvalue weighted by Gasteiger charge is 2.22. The van der Waals surface area contributed by atoms with Crippen LogP contribution in [0, 0.1) is 0 Å². The number of para-hydroxylation sites is 1. The summed E-state index contributed by atoms with van der Waals surface area (Å²) >= 11 is 1.88. The van der Waals surface area contributed by atoms with E-state index in [2.05, 4.69) is 24.4 Å². The molecule has 0 aliphatic carbocycles. The molecule has 0 unspecified atom stereocenters. The lowest BCUT2D eigenvalue weighted by molar-refractivity contribution is 0.0767. The zero-order valence-corrected chi connectivity index (χ0v) is 17.6. The smallest absolute Gasteiger partial charge is 0.272 e. The van der Waals surface area contributed by atoms with Crippen molar-refractivity contribution in [2.75, 3.05) is 37.0 Å².